The molecule has 2 aromatic carbocycles. The monoisotopic (exact) mass is 396 g/mol. The van der Waals surface area contributed by atoms with E-state index in [2.05, 4.69) is 0 Å². The molecule has 0 unspecified atom stereocenters. The van der Waals surface area contributed by atoms with Gasteiger partial charge in [0.25, 0.3) is 5.91 Å². The first kappa shape index (κ1) is 17.7. The van der Waals surface area contributed by atoms with E-state index in [1.807, 2.05) is 30.3 Å². The lowest BCUT2D eigenvalue weighted by molar-refractivity contribution is -0.145. The molecule has 0 N–H and O–H groups in total. The Morgan fingerprint density at radius 2 is 1.96 bits per heavy atom. The number of halogens is 1. The van der Waals surface area contributed by atoms with E-state index in [0.717, 1.165) is 24.8 Å². The van der Waals surface area contributed by atoms with E-state index in [4.69, 9.17) is 0 Å². The third-order valence-corrected chi connectivity index (χ3v) is 7.48. The number of hydrogen-bond donors (Lipinski definition) is 0. The third-order valence-electron chi connectivity index (χ3n) is 6.06. The van der Waals surface area contributed by atoms with Crippen LogP contribution in [0, 0.1) is 11.7 Å². The van der Waals surface area contributed by atoms with E-state index in [1.54, 1.807) is 15.9 Å². The number of anilines is 1. The van der Waals surface area contributed by atoms with Gasteiger partial charge in [-0.1, -0.05) is 36.8 Å². The van der Waals surface area contributed by atoms with Crippen LogP contribution in [-0.2, 0) is 21.0 Å². The van der Waals surface area contributed by atoms with Gasteiger partial charge in [-0.2, -0.15) is 0 Å². The highest BCUT2D eigenvalue weighted by atomic mass is 32.2. The number of rotatable bonds is 3. The topological polar surface area (TPSA) is 40.6 Å². The van der Waals surface area contributed by atoms with E-state index in [9.17, 15) is 14.0 Å². The van der Waals surface area contributed by atoms with Crippen LogP contribution in [0.2, 0.25) is 0 Å². The van der Waals surface area contributed by atoms with Crippen molar-refractivity contribution in [3.63, 3.8) is 0 Å². The molecule has 0 bridgehead atoms. The zero-order valence-electron chi connectivity index (χ0n) is 15.4. The number of amides is 2. The predicted molar refractivity (Wildman–Crippen MR) is 107 cm³/mol. The Bertz CT molecular complexity index is 947. The summed E-state index contributed by atoms with van der Waals surface area (Å²) in [7, 11) is 0. The average Bonchev–Trinajstić information content (AvgIpc) is 3.19. The van der Waals surface area contributed by atoms with Gasteiger partial charge in [-0.25, -0.2) is 4.39 Å². The Balaban J connectivity index is 1.59. The van der Waals surface area contributed by atoms with Gasteiger partial charge in [0, 0.05) is 23.8 Å². The molecular formula is C22H21FN2O2S. The highest BCUT2D eigenvalue weighted by Gasteiger charge is 2.60. The summed E-state index contributed by atoms with van der Waals surface area (Å²) >= 11 is 1.46. The van der Waals surface area contributed by atoms with Gasteiger partial charge in [0.1, 0.15) is 5.82 Å². The lowest BCUT2D eigenvalue weighted by Gasteiger charge is -2.37. The number of carbonyl (C=O) groups is 2. The Labute approximate surface area is 167 Å². The summed E-state index contributed by atoms with van der Waals surface area (Å²) in [6.45, 7) is 0.937. The standard InChI is InChI=1S/C22H21FN2O2S/c23-17-9-10-19-18(13-17)22(21(27)24(19)14-15-5-2-1-3-6-15)25(11-12-28-22)20(26)16-7-4-8-16/h1-3,5-6,9-10,13,16H,4,7-8,11-12,14H2/t22-/m0/s1. The number of fused-ring (bicyclic) bond motifs is 2. The Morgan fingerprint density at radius 3 is 2.68 bits per heavy atom. The second-order valence-corrected chi connectivity index (χ2v) is 8.94. The van der Waals surface area contributed by atoms with E-state index in [-0.39, 0.29) is 23.5 Å². The lowest BCUT2D eigenvalue weighted by Crippen LogP contribution is -2.52. The molecular weight excluding hydrogens is 375 g/mol. The molecule has 144 valence electrons. The first-order valence-corrected chi connectivity index (χ1v) is 10.7. The Kier molecular flexibility index (Phi) is 4.19. The van der Waals surface area contributed by atoms with Crippen molar-refractivity contribution in [2.45, 2.75) is 30.7 Å². The second kappa shape index (κ2) is 6.62. The number of nitrogens with zero attached hydrogens (tertiary/aromatic N) is 2. The number of benzene rings is 2. The molecule has 28 heavy (non-hydrogen) atoms. The lowest BCUT2D eigenvalue weighted by atomic mass is 9.84. The fourth-order valence-corrected chi connectivity index (χ4v) is 5.87. The minimum absolute atomic E-state index is 0.00329. The molecule has 1 spiro atoms. The SMILES string of the molecule is O=C(C1CCC1)N1CCS[C@@]12C(=O)N(Cc1ccccc1)c1ccc(F)cc12. The summed E-state index contributed by atoms with van der Waals surface area (Å²) in [5.74, 6) is 0.215. The van der Waals surface area contributed by atoms with Crippen molar-refractivity contribution >= 4 is 29.3 Å². The zero-order chi connectivity index (χ0) is 19.3. The molecule has 1 atom stereocenters. The Hall–Kier alpha value is -2.34. The smallest absolute Gasteiger partial charge is 0.268 e. The van der Waals surface area contributed by atoms with Crippen LogP contribution in [-0.4, -0.2) is 29.0 Å². The third kappa shape index (κ3) is 2.50. The molecule has 2 aromatic rings. The van der Waals surface area contributed by atoms with Crippen molar-refractivity contribution in [1.29, 1.82) is 0 Å². The van der Waals surface area contributed by atoms with Crippen LogP contribution >= 0.6 is 11.8 Å². The van der Waals surface area contributed by atoms with Gasteiger partial charge in [-0.15, -0.1) is 11.8 Å². The number of thioether (sulfide) groups is 1. The van der Waals surface area contributed by atoms with Crippen LogP contribution in [0.4, 0.5) is 10.1 Å². The highest BCUT2D eigenvalue weighted by Crippen LogP contribution is 2.55. The van der Waals surface area contributed by atoms with E-state index < -0.39 is 4.87 Å². The van der Waals surface area contributed by atoms with Crippen molar-refractivity contribution in [3.8, 4) is 0 Å². The maximum Gasteiger partial charge on any atom is 0.268 e. The largest absolute Gasteiger partial charge is 0.315 e. The highest BCUT2D eigenvalue weighted by molar-refractivity contribution is 8.01. The van der Waals surface area contributed by atoms with E-state index in [0.29, 0.717) is 30.1 Å². The summed E-state index contributed by atoms with van der Waals surface area (Å²) in [4.78, 5) is 29.2. The summed E-state index contributed by atoms with van der Waals surface area (Å²) < 4.78 is 14.2. The minimum atomic E-state index is -1.13. The molecule has 2 amide bonds. The van der Waals surface area contributed by atoms with Crippen LogP contribution in [0.1, 0.15) is 30.4 Å². The molecule has 0 aromatic heterocycles. The molecule has 4 nitrogen and oxygen atoms in total. The molecule has 2 fully saturated rings. The quantitative estimate of drug-likeness (QED) is 0.790. The van der Waals surface area contributed by atoms with Gasteiger partial charge < -0.3 is 9.80 Å². The number of hydrogen-bond acceptors (Lipinski definition) is 3. The molecule has 1 aliphatic carbocycles. The van der Waals surface area contributed by atoms with Crippen LogP contribution in [0.15, 0.2) is 48.5 Å². The van der Waals surface area contributed by atoms with Crippen molar-refractivity contribution < 1.29 is 14.0 Å². The van der Waals surface area contributed by atoms with Gasteiger partial charge in [0.15, 0.2) is 4.87 Å². The summed E-state index contributed by atoms with van der Waals surface area (Å²) in [6.07, 6.45) is 2.83. The fourth-order valence-electron chi connectivity index (χ4n) is 4.41. The summed E-state index contributed by atoms with van der Waals surface area (Å²) in [5, 5.41) is 0. The first-order chi connectivity index (χ1) is 13.6. The van der Waals surface area contributed by atoms with Gasteiger partial charge >= 0.3 is 0 Å². The van der Waals surface area contributed by atoms with Gasteiger partial charge in [-0.05, 0) is 36.6 Å². The van der Waals surface area contributed by atoms with Crippen molar-refractivity contribution in [1.82, 2.24) is 4.90 Å². The maximum atomic E-state index is 14.2. The fraction of sp³-hybridized carbons (Fsp3) is 0.364. The minimum Gasteiger partial charge on any atom is -0.315 e. The van der Waals surface area contributed by atoms with Crippen LogP contribution < -0.4 is 4.90 Å². The van der Waals surface area contributed by atoms with Crippen molar-refractivity contribution in [2.24, 2.45) is 5.92 Å². The molecule has 3 aliphatic rings. The average molecular weight is 396 g/mol. The van der Waals surface area contributed by atoms with Crippen molar-refractivity contribution in [3.05, 3.63) is 65.5 Å². The molecule has 0 radical (unpaired) electrons. The zero-order valence-corrected chi connectivity index (χ0v) is 16.3. The molecule has 1 saturated heterocycles. The van der Waals surface area contributed by atoms with Crippen molar-refractivity contribution in [2.75, 3.05) is 17.2 Å². The normalized spacial score (nSPS) is 24.0. The Morgan fingerprint density at radius 1 is 1.18 bits per heavy atom. The second-order valence-electron chi connectivity index (χ2n) is 7.65. The predicted octanol–water partition coefficient (Wildman–Crippen LogP) is 3.90. The molecule has 5 rings (SSSR count). The molecule has 2 aliphatic heterocycles. The maximum absolute atomic E-state index is 14.2. The summed E-state index contributed by atoms with van der Waals surface area (Å²) in [5.41, 5.74) is 2.32. The summed E-state index contributed by atoms with van der Waals surface area (Å²) in [6, 6.07) is 14.3. The van der Waals surface area contributed by atoms with Crippen LogP contribution in [0.25, 0.3) is 0 Å². The molecule has 6 heteroatoms. The van der Waals surface area contributed by atoms with Gasteiger partial charge in [0.2, 0.25) is 5.91 Å². The molecule has 1 saturated carbocycles. The van der Waals surface area contributed by atoms with E-state index >= 15 is 0 Å². The van der Waals surface area contributed by atoms with Gasteiger partial charge in [0.05, 0.1) is 12.2 Å². The number of carbonyl (C=O) groups excluding carboxylic acids is 2. The van der Waals surface area contributed by atoms with Gasteiger partial charge in [-0.3, -0.25) is 9.59 Å². The first-order valence-electron chi connectivity index (χ1n) is 9.72. The van der Waals surface area contributed by atoms with Crippen LogP contribution in [0.5, 0.6) is 0 Å². The van der Waals surface area contributed by atoms with E-state index in [1.165, 1.54) is 23.9 Å². The van der Waals surface area contributed by atoms with Crippen LogP contribution in [0.3, 0.4) is 0 Å². The molecule has 2 heterocycles.